The summed E-state index contributed by atoms with van der Waals surface area (Å²) < 4.78 is 10.1. The van der Waals surface area contributed by atoms with Gasteiger partial charge in [-0.25, -0.2) is 9.59 Å². The van der Waals surface area contributed by atoms with Crippen molar-refractivity contribution in [2.75, 3.05) is 0 Å². The molecule has 0 heterocycles. The first kappa shape index (κ1) is 19.8. The van der Waals surface area contributed by atoms with Gasteiger partial charge in [-0.3, -0.25) is 0 Å². The summed E-state index contributed by atoms with van der Waals surface area (Å²) >= 11 is 0. The monoisotopic (exact) mass is 348 g/mol. The summed E-state index contributed by atoms with van der Waals surface area (Å²) in [4.78, 5) is 20.8. The molecule has 0 saturated carbocycles. The smallest absolute Gasteiger partial charge is 0.344 e. The number of aliphatic carboxylic acids is 2. The molecule has 0 amide bonds. The summed E-state index contributed by atoms with van der Waals surface area (Å²) in [6, 6.07) is 14.8. The van der Waals surface area contributed by atoms with Crippen molar-refractivity contribution in [3.8, 4) is 17.2 Å². The van der Waals surface area contributed by atoms with E-state index in [1.165, 1.54) is 38.1 Å². The summed E-state index contributed by atoms with van der Waals surface area (Å²) in [6.45, 7) is 2.94. The third-order valence-electron chi connectivity index (χ3n) is 2.90. The lowest BCUT2D eigenvalue weighted by Crippen LogP contribution is -2.22. The van der Waals surface area contributed by atoms with Crippen LogP contribution in [0.2, 0.25) is 0 Å². The highest BCUT2D eigenvalue weighted by Crippen LogP contribution is 2.17. The number of rotatable bonds is 6. The van der Waals surface area contributed by atoms with Gasteiger partial charge in [-0.1, -0.05) is 18.2 Å². The molecule has 7 heteroatoms. The van der Waals surface area contributed by atoms with Crippen LogP contribution in [0.3, 0.4) is 0 Å². The SMILES string of the molecule is CC(Oc1ccc(O)cc1)C(=O)O.CC(Oc1ccccc1)C(=O)O. The molecule has 2 atom stereocenters. The van der Waals surface area contributed by atoms with Crippen molar-refractivity contribution >= 4 is 11.9 Å². The molecule has 0 fully saturated rings. The minimum absolute atomic E-state index is 0.121. The third kappa shape index (κ3) is 7.74. The van der Waals surface area contributed by atoms with E-state index >= 15 is 0 Å². The van der Waals surface area contributed by atoms with E-state index in [0.29, 0.717) is 11.5 Å². The van der Waals surface area contributed by atoms with Gasteiger partial charge in [0.15, 0.2) is 12.2 Å². The fraction of sp³-hybridized carbons (Fsp3) is 0.222. The molecule has 134 valence electrons. The second-order valence-electron chi connectivity index (χ2n) is 5.00. The number of benzene rings is 2. The van der Waals surface area contributed by atoms with Crippen LogP contribution in [0.25, 0.3) is 0 Å². The van der Waals surface area contributed by atoms with E-state index in [4.69, 9.17) is 24.8 Å². The zero-order valence-electron chi connectivity index (χ0n) is 13.8. The lowest BCUT2D eigenvalue weighted by atomic mass is 10.3. The van der Waals surface area contributed by atoms with Crippen LogP contribution in [-0.2, 0) is 9.59 Å². The number of phenolic OH excluding ortho intramolecular Hbond substituents is 1. The van der Waals surface area contributed by atoms with E-state index in [-0.39, 0.29) is 5.75 Å². The molecule has 0 aliphatic heterocycles. The van der Waals surface area contributed by atoms with E-state index in [2.05, 4.69) is 0 Å². The van der Waals surface area contributed by atoms with Crippen molar-refractivity contribution in [1.82, 2.24) is 0 Å². The highest BCUT2D eigenvalue weighted by Gasteiger charge is 2.12. The van der Waals surface area contributed by atoms with Crippen LogP contribution in [-0.4, -0.2) is 39.5 Å². The Morgan fingerprint density at radius 2 is 1.16 bits per heavy atom. The van der Waals surface area contributed by atoms with Crippen LogP contribution < -0.4 is 9.47 Å². The van der Waals surface area contributed by atoms with Gasteiger partial charge < -0.3 is 24.8 Å². The molecule has 25 heavy (non-hydrogen) atoms. The average Bonchev–Trinajstić information content (AvgIpc) is 2.58. The number of aromatic hydroxyl groups is 1. The molecular weight excluding hydrogens is 328 g/mol. The van der Waals surface area contributed by atoms with Crippen molar-refractivity contribution in [2.24, 2.45) is 0 Å². The molecule has 2 rings (SSSR count). The lowest BCUT2D eigenvalue weighted by Gasteiger charge is -2.09. The Hall–Kier alpha value is -3.22. The highest BCUT2D eigenvalue weighted by molar-refractivity contribution is 5.72. The first-order valence-electron chi connectivity index (χ1n) is 7.42. The maximum Gasteiger partial charge on any atom is 0.344 e. The molecule has 2 aromatic carbocycles. The Morgan fingerprint density at radius 1 is 0.760 bits per heavy atom. The van der Waals surface area contributed by atoms with E-state index in [1.54, 1.807) is 24.3 Å². The van der Waals surface area contributed by atoms with Gasteiger partial charge in [-0.05, 0) is 50.2 Å². The average molecular weight is 348 g/mol. The molecule has 7 nitrogen and oxygen atoms in total. The number of hydrogen-bond donors (Lipinski definition) is 3. The number of carboxylic acid groups (broad SMARTS) is 2. The number of carboxylic acids is 2. The van der Waals surface area contributed by atoms with Crippen molar-refractivity contribution in [3.63, 3.8) is 0 Å². The highest BCUT2D eigenvalue weighted by atomic mass is 16.5. The molecule has 0 spiro atoms. The summed E-state index contributed by atoms with van der Waals surface area (Å²) in [5, 5.41) is 26.0. The first-order chi connectivity index (χ1) is 11.8. The Labute approximate surface area is 145 Å². The maximum atomic E-state index is 10.4. The van der Waals surface area contributed by atoms with Crippen LogP contribution >= 0.6 is 0 Å². The number of ether oxygens (including phenoxy) is 2. The van der Waals surface area contributed by atoms with Crippen molar-refractivity contribution in [3.05, 3.63) is 54.6 Å². The summed E-state index contributed by atoms with van der Waals surface area (Å²) in [7, 11) is 0. The summed E-state index contributed by atoms with van der Waals surface area (Å²) in [6.07, 6.45) is -1.68. The standard InChI is InChI=1S/C9H10O4.C9H10O3/c1-6(9(11)12)13-8-4-2-7(10)3-5-8;1-7(9(10)11)12-8-5-3-2-4-6-8/h2-6,10H,1H3,(H,11,12);2-7H,1H3,(H,10,11). The number of para-hydroxylation sites is 1. The minimum atomic E-state index is -1.02. The van der Waals surface area contributed by atoms with Gasteiger partial charge in [0, 0.05) is 0 Å². The van der Waals surface area contributed by atoms with E-state index in [9.17, 15) is 9.59 Å². The summed E-state index contributed by atoms with van der Waals surface area (Å²) in [5.74, 6) is -0.859. The van der Waals surface area contributed by atoms with Crippen LogP contribution in [0.4, 0.5) is 0 Å². The number of phenols is 1. The van der Waals surface area contributed by atoms with Gasteiger partial charge in [0.05, 0.1) is 0 Å². The van der Waals surface area contributed by atoms with E-state index in [1.807, 2.05) is 6.07 Å². The second kappa shape index (κ2) is 9.82. The van der Waals surface area contributed by atoms with Crippen molar-refractivity contribution < 1.29 is 34.4 Å². The fourth-order valence-electron chi connectivity index (χ4n) is 1.53. The van der Waals surface area contributed by atoms with Crippen molar-refractivity contribution in [1.29, 1.82) is 0 Å². The van der Waals surface area contributed by atoms with Gasteiger partial charge in [-0.15, -0.1) is 0 Å². The number of hydrogen-bond acceptors (Lipinski definition) is 5. The largest absolute Gasteiger partial charge is 0.508 e. The molecule has 0 bridgehead atoms. The van der Waals surface area contributed by atoms with Crippen LogP contribution in [0.15, 0.2) is 54.6 Å². The quantitative estimate of drug-likeness (QED) is 0.735. The molecule has 0 aliphatic rings. The molecule has 2 aromatic rings. The molecule has 0 aromatic heterocycles. The predicted molar refractivity (Wildman–Crippen MR) is 90.0 cm³/mol. The Morgan fingerprint density at radius 3 is 1.56 bits per heavy atom. The lowest BCUT2D eigenvalue weighted by molar-refractivity contribution is -0.145. The Bertz CT molecular complexity index is 668. The van der Waals surface area contributed by atoms with Gasteiger partial charge in [0.25, 0.3) is 0 Å². The second-order valence-corrected chi connectivity index (χ2v) is 5.00. The van der Waals surface area contributed by atoms with Crippen LogP contribution in [0.5, 0.6) is 17.2 Å². The van der Waals surface area contributed by atoms with Crippen LogP contribution in [0, 0.1) is 0 Å². The van der Waals surface area contributed by atoms with E-state index in [0.717, 1.165) is 0 Å². The zero-order valence-corrected chi connectivity index (χ0v) is 13.8. The van der Waals surface area contributed by atoms with Crippen molar-refractivity contribution in [2.45, 2.75) is 26.1 Å². The maximum absolute atomic E-state index is 10.4. The molecule has 0 aliphatic carbocycles. The molecule has 3 N–H and O–H groups in total. The van der Waals surface area contributed by atoms with Gasteiger partial charge in [0.1, 0.15) is 17.2 Å². The summed E-state index contributed by atoms with van der Waals surface area (Å²) in [5.41, 5.74) is 0. The van der Waals surface area contributed by atoms with Crippen LogP contribution in [0.1, 0.15) is 13.8 Å². The topological polar surface area (TPSA) is 113 Å². The fourth-order valence-corrected chi connectivity index (χ4v) is 1.53. The van der Waals surface area contributed by atoms with Gasteiger partial charge in [0.2, 0.25) is 0 Å². The molecule has 0 saturated heterocycles. The normalized spacial score (nSPS) is 12.1. The molecular formula is C18H20O7. The minimum Gasteiger partial charge on any atom is -0.508 e. The Kier molecular flexibility index (Phi) is 7.78. The Balaban J connectivity index is 0.000000251. The first-order valence-corrected chi connectivity index (χ1v) is 7.42. The number of carbonyl (C=O) groups is 2. The molecule has 2 unspecified atom stereocenters. The zero-order chi connectivity index (χ0) is 18.8. The van der Waals surface area contributed by atoms with Gasteiger partial charge in [-0.2, -0.15) is 0 Å². The third-order valence-corrected chi connectivity index (χ3v) is 2.90. The van der Waals surface area contributed by atoms with E-state index < -0.39 is 24.1 Å². The molecule has 0 radical (unpaired) electrons. The predicted octanol–water partition coefficient (Wildman–Crippen LogP) is 2.78. The van der Waals surface area contributed by atoms with Gasteiger partial charge >= 0.3 is 11.9 Å².